The highest BCUT2D eigenvalue weighted by molar-refractivity contribution is 6.33. The Kier molecular flexibility index (Phi) is 3.90. The lowest BCUT2D eigenvalue weighted by molar-refractivity contribution is -0.116. The predicted molar refractivity (Wildman–Crippen MR) is 73.6 cm³/mol. The first kappa shape index (κ1) is 13.6. The first-order valence-corrected chi connectivity index (χ1v) is 6.39. The van der Waals surface area contributed by atoms with Crippen molar-refractivity contribution in [1.29, 1.82) is 0 Å². The van der Waals surface area contributed by atoms with Crippen molar-refractivity contribution in [2.45, 2.75) is 26.2 Å². The largest absolute Gasteiger partial charge is 0.478 e. The van der Waals surface area contributed by atoms with E-state index in [9.17, 15) is 9.59 Å². The predicted octanol–water partition coefficient (Wildman–Crippen LogP) is 3.48. The number of carboxylic acid groups (broad SMARTS) is 1. The van der Waals surface area contributed by atoms with Gasteiger partial charge in [0.15, 0.2) is 5.78 Å². The summed E-state index contributed by atoms with van der Waals surface area (Å²) in [5, 5.41) is 12.5. The first-order valence-electron chi connectivity index (χ1n) is 6.02. The van der Waals surface area contributed by atoms with Crippen molar-refractivity contribution in [2.24, 2.45) is 0 Å². The number of allylic oxidation sites excluding steroid dienone is 2. The number of carbonyl (C=O) groups is 2. The zero-order valence-corrected chi connectivity index (χ0v) is 11.3. The second kappa shape index (κ2) is 5.45. The lowest BCUT2D eigenvalue weighted by Crippen LogP contribution is -2.14. The van der Waals surface area contributed by atoms with E-state index in [1.165, 1.54) is 18.2 Å². The van der Waals surface area contributed by atoms with E-state index < -0.39 is 5.97 Å². The molecule has 0 aromatic heterocycles. The Morgan fingerprint density at radius 2 is 2.11 bits per heavy atom. The summed E-state index contributed by atoms with van der Waals surface area (Å²) in [6.45, 7) is 1.78. The maximum atomic E-state index is 11.6. The van der Waals surface area contributed by atoms with Gasteiger partial charge >= 0.3 is 5.97 Å². The molecule has 0 unspecified atom stereocenters. The number of carbonyl (C=O) groups excluding carboxylic acids is 1. The molecule has 0 atom stereocenters. The second-order valence-electron chi connectivity index (χ2n) is 4.51. The molecule has 19 heavy (non-hydrogen) atoms. The van der Waals surface area contributed by atoms with E-state index in [2.05, 4.69) is 5.32 Å². The van der Waals surface area contributed by atoms with Crippen LogP contribution in [0.1, 0.15) is 36.5 Å². The summed E-state index contributed by atoms with van der Waals surface area (Å²) in [7, 11) is 0. The van der Waals surface area contributed by atoms with Gasteiger partial charge in [0.05, 0.1) is 16.3 Å². The third kappa shape index (κ3) is 2.96. The fraction of sp³-hybridized carbons (Fsp3) is 0.286. The minimum Gasteiger partial charge on any atom is -0.478 e. The summed E-state index contributed by atoms with van der Waals surface area (Å²) in [6.07, 6.45) is 2.14. The normalized spacial score (nSPS) is 15.6. The van der Waals surface area contributed by atoms with Crippen LogP contribution in [0.2, 0.25) is 5.02 Å². The summed E-state index contributed by atoms with van der Waals surface area (Å²) >= 11 is 6.04. The molecule has 0 amide bonds. The van der Waals surface area contributed by atoms with E-state index in [0.29, 0.717) is 22.7 Å². The van der Waals surface area contributed by atoms with Crippen molar-refractivity contribution in [3.05, 3.63) is 40.1 Å². The molecule has 100 valence electrons. The van der Waals surface area contributed by atoms with Gasteiger partial charge in [0.2, 0.25) is 0 Å². The van der Waals surface area contributed by atoms with Crippen LogP contribution in [0.15, 0.2) is 29.5 Å². The number of halogens is 1. The highest BCUT2D eigenvalue weighted by atomic mass is 35.5. The number of hydrogen-bond donors (Lipinski definition) is 2. The topological polar surface area (TPSA) is 66.4 Å². The third-order valence-electron chi connectivity index (χ3n) is 3.20. The van der Waals surface area contributed by atoms with Crippen LogP contribution in [0.25, 0.3) is 0 Å². The molecule has 2 N–H and O–H groups in total. The lowest BCUT2D eigenvalue weighted by atomic mass is 9.96. The third-order valence-corrected chi connectivity index (χ3v) is 3.53. The summed E-state index contributed by atoms with van der Waals surface area (Å²) in [4.78, 5) is 22.6. The Bertz CT molecular complexity index is 578. The SMILES string of the molecule is CC1=C(Nc2cc(C(=O)O)ccc2Cl)CCCC1=O. The van der Waals surface area contributed by atoms with Gasteiger partial charge in [-0.3, -0.25) is 4.79 Å². The smallest absolute Gasteiger partial charge is 0.335 e. The average molecular weight is 280 g/mol. The molecular weight excluding hydrogens is 266 g/mol. The van der Waals surface area contributed by atoms with Gasteiger partial charge in [0, 0.05) is 17.7 Å². The summed E-state index contributed by atoms with van der Waals surface area (Å²) in [5.41, 5.74) is 2.20. The molecule has 1 aliphatic carbocycles. The van der Waals surface area contributed by atoms with E-state index in [-0.39, 0.29) is 11.3 Å². The average Bonchev–Trinajstić information content (AvgIpc) is 2.37. The van der Waals surface area contributed by atoms with Crippen LogP contribution >= 0.6 is 11.6 Å². The van der Waals surface area contributed by atoms with Crippen LogP contribution in [0.4, 0.5) is 5.69 Å². The van der Waals surface area contributed by atoms with Crippen molar-refractivity contribution in [1.82, 2.24) is 0 Å². The molecule has 0 aliphatic heterocycles. The number of anilines is 1. The first-order chi connectivity index (χ1) is 8.99. The van der Waals surface area contributed by atoms with Gasteiger partial charge in [0.25, 0.3) is 0 Å². The number of aromatic carboxylic acids is 1. The molecule has 0 heterocycles. The van der Waals surface area contributed by atoms with Crippen LogP contribution in [0.5, 0.6) is 0 Å². The molecular formula is C14H14ClNO3. The van der Waals surface area contributed by atoms with E-state index in [0.717, 1.165) is 18.5 Å². The van der Waals surface area contributed by atoms with Crippen LogP contribution in [0, 0.1) is 0 Å². The second-order valence-corrected chi connectivity index (χ2v) is 4.91. The van der Waals surface area contributed by atoms with Gasteiger partial charge in [-0.1, -0.05) is 11.6 Å². The zero-order valence-electron chi connectivity index (χ0n) is 10.5. The van der Waals surface area contributed by atoms with Gasteiger partial charge < -0.3 is 10.4 Å². The highest BCUT2D eigenvalue weighted by Crippen LogP contribution is 2.28. The Balaban J connectivity index is 2.33. The van der Waals surface area contributed by atoms with Crippen molar-refractivity contribution < 1.29 is 14.7 Å². The molecule has 0 radical (unpaired) electrons. The monoisotopic (exact) mass is 279 g/mol. The number of hydrogen-bond acceptors (Lipinski definition) is 3. The Morgan fingerprint density at radius 3 is 2.79 bits per heavy atom. The van der Waals surface area contributed by atoms with Gasteiger partial charge in [-0.05, 0) is 38.0 Å². The molecule has 0 saturated carbocycles. The maximum Gasteiger partial charge on any atom is 0.335 e. The zero-order chi connectivity index (χ0) is 14.0. The molecule has 0 saturated heterocycles. The van der Waals surface area contributed by atoms with E-state index >= 15 is 0 Å². The number of Topliss-reactive ketones (excluding diaryl/α,β-unsaturated/α-hetero) is 1. The van der Waals surface area contributed by atoms with E-state index in [1.54, 1.807) is 6.92 Å². The van der Waals surface area contributed by atoms with E-state index in [4.69, 9.17) is 16.7 Å². The number of rotatable bonds is 3. The lowest BCUT2D eigenvalue weighted by Gasteiger charge is -2.19. The molecule has 0 spiro atoms. The Hall–Kier alpha value is -1.81. The van der Waals surface area contributed by atoms with Gasteiger partial charge in [0.1, 0.15) is 0 Å². The Morgan fingerprint density at radius 1 is 1.37 bits per heavy atom. The summed E-state index contributed by atoms with van der Waals surface area (Å²) in [6, 6.07) is 4.46. The van der Waals surface area contributed by atoms with Crippen molar-refractivity contribution in [3.63, 3.8) is 0 Å². The number of carboxylic acids is 1. The van der Waals surface area contributed by atoms with Gasteiger partial charge in [-0.15, -0.1) is 0 Å². The number of ketones is 1. The molecule has 5 heteroatoms. The number of nitrogens with one attached hydrogen (secondary N) is 1. The molecule has 0 bridgehead atoms. The van der Waals surface area contributed by atoms with Gasteiger partial charge in [-0.2, -0.15) is 0 Å². The molecule has 4 nitrogen and oxygen atoms in total. The van der Waals surface area contributed by atoms with Crippen LogP contribution < -0.4 is 5.32 Å². The summed E-state index contributed by atoms with van der Waals surface area (Å²) in [5.74, 6) is -0.885. The van der Waals surface area contributed by atoms with E-state index in [1.807, 2.05) is 0 Å². The van der Waals surface area contributed by atoms with Crippen LogP contribution in [0.3, 0.4) is 0 Å². The number of benzene rings is 1. The minimum absolute atomic E-state index is 0.124. The molecule has 1 aliphatic rings. The maximum absolute atomic E-state index is 11.6. The summed E-state index contributed by atoms with van der Waals surface area (Å²) < 4.78 is 0. The van der Waals surface area contributed by atoms with Crippen molar-refractivity contribution in [3.8, 4) is 0 Å². The fourth-order valence-electron chi connectivity index (χ4n) is 2.04. The van der Waals surface area contributed by atoms with Gasteiger partial charge in [-0.25, -0.2) is 4.79 Å². The molecule has 1 aromatic rings. The Labute approximate surface area is 116 Å². The molecule has 0 fully saturated rings. The standard InChI is InChI=1S/C14H14ClNO3/c1-8-11(3-2-4-13(8)17)16-12-7-9(14(18)19)5-6-10(12)15/h5-7,16H,2-4H2,1H3,(H,18,19). The fourth-order valence-corrected chi connectivity index (χ4v) is 2.21. The highest BCUT2D eigenvalue weighted by Gasteiger charge is 2.17. The van der Waals surface area contributed by atoms with Crippen molar-refractivity contribution >= 4 is 29.0 Å². The quantitative estimate of drug-likeness (QED) is 0.889. The molecule has 2 rings (SSSR count). The van der Waals surface area contributed by atoms with Crippen LogP contribution in [-0.2, 0) is 4.79 Å². The van der Waals surface area contributed by atoms with Crippen molar-refractivity contribution in [2.75, 3.05) is 5.32 Å². The van der Waals surface area contributed by atoms with Crippen LogP contribution in [-0.4, -0.2) is 16.9 Å². The minimum atomic E-state index is -1.01. The molecule has 1 aromatic carbocycles.